The van der Waals surface area contributed by atoms with E-state index in [0.29, 0.717) is 25.9 Å². The molecular formula is C17H20O3Se. The first-order valence-electron chi connectivity index (χ1n) is 7.19. The number of rotatable bonds is 6. The predicted molar refractivity (Wildman–Crippen MR) is 83.5 cm³/mol. The van der Waals surface area contributed by atoms with Crippen molar-refractivity contribution in [2.24, 2.45) is 5.41 Å². The van der Waals surface area contributed by atoms with Gasteiger partial charge in [-0.05, 0) is 0 Å². The Hall–Kier alpha value is -1.38. The summed E-state index contributed by atoms with van der Waals surface area (Å²) in [5.41, 5.74) is -0.969. The van der Waals surface area contributed by atoms with Gasteiger partial charge in [-0.25, -0.2) is 0 Å². The van der Waals surface area contributed by atoms with Crippen LogP contribution in [-0.2, 0) is 14.3 Å². The first-order chi connectivity index (χ1) is 10.1. The van der Waals surface area contributed by atoms with Gasteiger partial charge in [0.05, 0.1) is 0 Å². The van der Waals surface area contributed by atoms with E-state index < -0.39 is 5.41 Å². The van der Waals surface area contributed by atoms with Gasteiger partial charge in [0, 0.05) is 0 Å². The number of allylic oxidation sites excluding steroid dienone is 1. The van der Waals surface area contributed by atoms with E-state index in [9.17, 15) is 9.59 Å². The van der Waals surface area contributed by atoms with Gasteiger partial charge in [0.2, 0.25) is 0 Å². The van der Waals surface area contributed by atoms with E-state index in [1.165, 1.54) is 4.46 Å². The summed E-state index contributed by atoms with van der Waals surface area (Å²) in [6.07, 6.45) is 2.27. The molecule has 1 aliphatic rings. The van der Waals surface area contributed by atoms with Crippen molar-refractivity contribution >= 4 is 31.2 Å². The van der Waals surface area contributed by atoms with E-state index in [-0.39, 0.29) is 26.7 Å². The van der Waals surface area contributed by atoms with Crippen LogP contribution in [-0.4, -0.2) is 33.3 Å². The molecule has 1 aliphatic carbocycles. The molecule has 112 valence electrons. The van der Waals surface area contributed by atoms with Crippen LogP contribution < -0.4 is 4.46 Å². The van der Waals surface area contributed by atoms with Gasteiger partial charge >= 0.3 is 132 Å². The minimum atomic E-state index is -0.969. The van der Waals surface area contributed by atoms with Gasteiger partial charge in [0.15, 0.2) is 0 Å². The zero-order valence-electron chi connectivity index (χ0n) is 12.3. The van der Waals surface area contributed by atoms with Crippen LogP contribution >= 0.6 is 0 Å². The molecule has 1 atom stereocenters. The standard InChI is InChI=1S/C17H20O3Se/c1-3-20-16(19)17(11-7-10-15(17)18)12-13(2)21-14-8-5-4-6-9-14/h4-6,8-9H,2-3,7,10-12H2,1H3. The quantitative estimate of drug-likeness (QED) is 0.448. The van der Waals surface area contributed by atoms with Crippen LogP contribution in [0.25, 0.3) is 0 Å². The zero-order chi connectivity index (χ0) is 15.3. The maximum atomic E-state index is 12.3. The third kappa shape index (κ3) is 3.63. The molecule has 1 unspecified atom stereocenters. The number of Topliss-reactive ketones (excluding diaryl/α,β-unsaturated/α-hetero) is 1. The number of carbonyl (C=O) groups is 2. The van der Waals surface area contributed by atoms with E-state index in [2.05, 4.69) is 18.7 Å². The number of carbonyl (C=O) groups excluding carboxylic acids is 2. The van der Waals surface area contributed by atoms with E-state index in [0.717, 1.165) is 10.9 Å². The molecule has 2 rings (SSSR count). The normalized spacial score (nSPS) is 21.3. The van der Waals surface area contributed by atoms with Gasteiger partial charge in [-0.1, -0.05) is 0 Å². The van der Waals surface area contributed by atoms with E-state index in [4.69, 9.17) is 4.74 Å². The molecule has 0 aliphatic heterocycles. The summed E-state index contributed by atoms with van der Waals surface area (Å²) in [5.74, 6) is -0.344. The fraction of sp³-hybridized carbons (Fsp3) is 0.412. The second-order valence-corrected chi connectivity index (χ2v) is 7.84. The summed E-state index contributed by atoms with van der Waals surface area (Å²) in [7, 11) is 0. The summed E-state index contributed by atoms with van der Waals surface area (Å²) in [6, 6.07) is 10.1. The minimum absolute atomic E-state index is 0.0194. The maximum absolute atomic E-state index is 12.3. The van der Waals surface area contributed by atoms with Crippen molar-refractivity contribution in [3.05, 3.63) is 41.4 Å². The molecule has 1 aromatic rings. The molecule has 1 fully saturated rings. The van der Waals surface area contributed by atoms with Crippen LogP contribution in [0.5, 0.6) is 0 Å². The van der Waals surface area contributed by atoms with Gasteiger partial charge in [-0.2, -0.15) is 0 Å². The van der Waals surface area contributed by atoms with Crippen molar-refractivity contribution in [2.45, 2.75) is 32.6 Å². The molecule has 21 heavy (non-hydrogen) atoms. The van der Waals surface area contributed by atoms with Crippen LogP contribution in [0.2, 0.25) is 0 Å². The SMILES string of the molecule is C=C(CC1(C(=O)OCC)CCCC1=O)[Se]c1ccccc1. The fourth-order valence-electron chi connectivity index (χ4n) is 2.70. The molecule has 1 aromatic carbocycles. The average Bonchev–Trinajstić information content (AvgIpc) is 2.82. The molecule has 3 nitrogen and oxygen atoms in total. The first kappa shape index (κ1) is 16.0. The van der Waals surface area contributed by atoms with Gasteiger partial charge in [0.25, 0.3) is 0 Å². The molecule has 0 aromatic heterocycles. The monoisotopic (exact) mass is 352 g/mol. The van der Waals surface area contributed by atoms with Crippen LogP contribution in [0.4, 0.5) is 0 Å². The third-order valence-electron chi connectivity index (χ3n) is 3.71. The molecule has 0 amide bonds. The second-order valence-electron chi connectivity index (χ2n) is 5.21. The predicted octanol–water partition coefficient (Wildman–Crippen LogP) is 2.22. The Kier molecular flexibility index (Phi) is 5.38. The van der Waals surface area contributed by atoms with Gasteiger partial charge in [-0.3, -0.25) is 0 Å². The Morgan fingerprint density at radius 2 is 2.10 bits per heavy atom. The number of benzene rings is 1. The number of hydrogen-bond donors (Lipinski definition) is 0. The van der Waals surface area contributed by atoms with E-state index in [1.807, 2.05) is 18.2 Å². The first-order valence-corrected chi connectivity index (χ1v) is 8.91. The van der Waals surface area contributed by atoms with Crippen molar-refractivity contribution in [3.63, 3.8) is 0 Å². The molecule has 1 saturated carbocycles. The third-order valence-corrected chi connectivity index (χ3v) is 5.69. The molecule has 0 saturated heterocycles. The molecule has 4 heteroatoms. The fourth-order valence-corrected chi connectivity index (χ4v) is 4.68. The van der Waals surface area contributed by atoms with Gasteiger partial charge < -0.3 is 0 Å². The number of ether oxygens (including phenoxy) is 1. The Labute approximate surface area is 131 Å². The van der Waals surface area contributed by atoms with Crippen molar-refractivity contribution in [2.75, 3.05) is 6.61 Å². The van der Waals surface area contributed by atoms with Crippen LogP contribution in [0, 0.1) is 5.41 Å². The topological polar surface area (TPSA) is 43.4 Å². The van der Waals surface area contributed by atoms with E-state index >= 15 is 0 Å². The Morgan fingerprint density at radius 1 is 1.38 bits per heavy atom. The summed E-state index contributed by atoms with van der Waals surface area (Å²) in [6.45, 7) is 6.18. The van der Waals surface area contributed by atoms with Crippen molar-refractivity contribution in [3.8, 4) is 0 Å². The van der Waals surface area contributed by atoms with Crippen molar-refractivity contribution in [1.29, 1.82) is 0 Å². The van der Waals surface area contributed by atoms with E-state index in [1.54, 1.807) is 6.92 Å². The molecular weight excluding hydrogens is 331 g/mol. The Bertz CT molecular complexity index is 538. The number of hydrogen-bond acceptors (Lipinski definition) is 3. The van der Waals surface area contributed by atoms with Crippen LogP contribution in [0.15, 0.2) is 41.4 Å². The number of ketones is 1. The summed E-state index contributed by atoms with van der Waals surface area (Å²) < 4.78 is 7.33. The summed E-state index contributed by atoms with van der Waals surface area (Å²) in [5, 5.41) is 0. The second kappa shape index (κ2) is 7.06. The van der Waals surface area contributed by atoms with Gasteiger partial charge in [-0.15, -0.1) is 0 Å². The molecule has 0 heterocycles. The van der Waals surface area contributed by atoms with Crippen LogP contribution in [0.1, 0.15) is 32.6 Å². The van der Waals surface area contributed by atoms with Crippen molar-refractivity contribution in [1.82, 2.24) is 0 Å². The van der Waals surface area contributed by atoms with Gasteiger partial charge in [0.1, 0.15) is 0 Å². The molecule has 0 bridgehead atoms. The summed E-state index contributed by atoms with van der Waals surface area (Å²) in [4.78, 5) is 24.6. The zero-order valence-corrected chi connectivity index (χ0v) is 14.0. The Morgan fingerprint density at radius 3 is 2.67 bits per heavy atom. The number of esters is 1. The summed E-state index contributed by atoms with van der Waals surface area (Å²) >= 11 is 0.0730. The van der Waals surface area contributed by atoms with Crippen molar-refractivity contribution < 1.29 is 14.3 Å². The molecule has 0 radical (unpaired) electrons. The van der Waals surface area contributed by atoms with Crippen LogP contribution in [0.3, 0.4) is 0 Å². The Balaban J connectivity index is 2.11. The molecule has 0 N–H and O–H groups in total. The molecule has 0 spiro atoms. The average molecular weight is 351 g/mol.